The van der Waals surface area contributed by atoms with Crippen LogP contribution in [0.15, 0.2) is 78.9 Å². The lowest BCUT2D eigenvalue weighted by Crippen LogP contribution is -2.42. The van der Waals surface area contributed by atoms with Gasteiger partial charge in [-0.15, -0.1) is 0 Å². The highest BCUT2D eigenvalue weighted by molar-refractivity contribution is 5.95. The highest BCUT2D eigenvalue weighted by atomic mass is 16.6. The number of esters is 1. The molecular weight excluding hydrogens is 446 g/mol. The molecule has 1 atom stereocenters. The highest BCUT2D eigenvalue weighted by Gasteiger charge is 2.35. The van der Waals surface area contributed by atoms with E-state index >= 15 is 0 Å². The smallest absolute Gasteiger partial charge is 0.419 e. The molecule has 35 heavy (non-hydrogen) atoms. The molecular formula is C28H29NO6. The van der Waals surface area contributed by atoms with E-state index in [1.807, 2.05) is 72.8 Å². The number of para-hydroxylation sites is 2. The number of benzene rings is 3. The molecule has 182 valence electrons. The number of hydrogen-bond donors (Lipinski definition) is 1. The Balaban J connectivity index is 1.44. The van der Waals surface area contributed by atoms with E-state index in [0.717, 1.165) is 11.1 Å². The van der Waals surface area contributed by atoms with Crippen molar-refractivity contribution in [3.63, 3.8) is 0 Å². The molecule has 4 rings (SSSR count). The number of hydrogen-bond acceptors (Lipinski definition) is 6. The Bertz CT molecular complexity index is 1110. The van der Waals surface area contributed by atoms with Gasteiger partial charge in [0.15, 0.2) is 6.61 Å². The van der Waals surface area contributed by atoms with Gasteiger partial charge in [-0.2, -0.15) is 0 Å². The number of nitrogens with zero attached hydrogens (tertiary/aromatic N) is 1. The van der Waals surface area contributed by atoms with E-state index in [0.29, 0.717) is 43.0 Å². The Morgan fingerprint density at radius 1 is 0.914 bits per heavy atom. The average molecular weight is 476 g/mol. The van der Waals surface area contributed by atoms with Gasteiger partial charge < -0.3 is 19.3 Å². The molecule has 1 N–H and O–H groups in total. The van der Waals surface area contributed by atoms with E-state index in [2.05, 4.69) is 0 Å². The molecule has 0 aromatic heterocycles. The minimum atomic E-state index is -1.21. The number of ether oxygens (including phenoxy) is 3. The first-order valence-corrected chi connectivity index (χ1v) is 11.7. The zero-order valence-electron chi connectivity index (χ0n) is 19.7. The van der Waals surface area contributed by atoms with Crippen molar-refractivity contribution >= 4 is 23.4 Å². The van der Waals surface area contributed by atoms with Crippen LogP contribution in [0.1, 0.15) is 24.5 Å². The van der Waals surface area contributed by atoms with Crippen LogP contribution in [0, 0.1) is 0 Å². The van der Waals surface area contributed by atoms with Crippen molar-refractivity contribution in [3.8, 4) is 5.75 Å². The van der Waals surface area contributed by atoms with Gasteiger partial charge in [-0.1, -0.05) is 48.5 Å². The normalized spacial score (nSPS) is 16.6. The van der Waals surface area contributed by atoms with Crippen molar-refractivity contribution in [1.29, 1.82) is 0 Å². The Labute approximate surface area is 204 Å². The third-order valence-electron chi connectivity index (χ3n) is 5.92. The summed E-state index contributed by atoms with van der Waals surface area (Å²) in [4.78, 5) is 26.3. The highest BCUT2D eigenvalue weighted by Crippen LogP contribution is 2.35. The molecule has 3 aromatic carbocycles. The van der Waals surface area contributed by atoms with Gasteiger partial charge in [0.1, 0.15) is 18.0 Å². The van der Waals surface area contributed by atoms with E-state index in [9.17, 15) is 14.7 Å². The third-order valence-corrected chi connectivity index (χ3v) is 5.92. The molecule has 0 fully saturated rings. The minimum Gasteiger partial charge on any atom is -0.482 e. The van der Waals surface area contributed by atoms with Gasteiger partial charge in [0.05, 0.1) is 18.0 Å². The molecule has 0 aliphatic heterocycles. The average Bonchev–Trinajstić information content (AvgIpc) is 2.88. The van der Waals surface area contributed by atoms with Crippen molar-refractivity contribution in [2.75, 3.05) is 24.7 Å². The summed E-state index contributed by atoms with van der Waals surface area (Å²) in [6, 6.07) is 24.0. The molecule has 0 saturated carbocycles. The predicted molar refractivity (Wildman–Crippen MR) is 132 cm³/mol. The first-order valence-electron chi connectivity index (χ1n) is 11.7. The molecule has 7 heteroatoms. The third kappa shape index (κ3) is 6.00. The maximum Gasteiger partial charge on any atom is 0.419 e. The maximum absolute atomic E-state index is 13.2. The summed E-state index contributed by atoms with van der Waals surface area (Å²) in [5.41, 5.74) is 1.99. The summed E-state index contributed by atoms with van der Waals surface area (Å²) < 4.78 is 16.2. The molecule has 3 aromatic rings. The standard InChI is InChI=1S/C28H29NO6/c1-2-33-26(30)19-34-25-15-9-10-21-18-28(32,17-16-24(21)25)20-35-27(31)29(22-11-5-3-6-12-22)23-13-7-4-8-14-23/h3-15,32H,2,16-20H2,1H3/t28-/m1/s1. The first kappa shape index (κ1) is 24.3. The van der Waals surface area contributed by atoms with Crippen LogP contribution in [0.4, 0.5) is 16.2 Å². The summed E-state index contributed by atoms with van der Waals surface area (Å²) in [5.74, 6) is 0.180. The number of anilines is 2. The molecule has 0 unspecified atom stereocenters. The zero-order valence-corrected chi connectivity index (χ0v) is 19.7. The fourth-order valence-corrected chi connectivity index (χ4v) is 4.23. The molecule has 0 spiro atoms. The second kappa shape index (κ2) is 11.1. The van der Waals surface area contributed by atoms with Gasteiger partial charge in [0.25, 0.3) is 0 Å². The number of aliphatic hydroxyl groups is 1. The fourth-order valence-electron chi connectivity index (χ4n) is 4.23. The van der Waals surface area contributed by atoms with Crippen LogP contribution in [-0.2, 0) is 27.1 Å². The molecule has 0 radical (unpaired) electrons. The molecule has 0 heterocycles. The summed E-state index contributed by atoms with van der Waals surface area (Å²) >= 11 is 0. The quantitative estimate of drug-likeness (QED) is 0.470. The number of rotatable bonds is 8. The van der Waals surface area contributed by atoms with E-state index in [1.54, 1.807) is 13.0 Å². The van der Waals surface area contributed by atoms with Crippen molar-refractivity contribution in [3.05, 3.63) is 90.0 Å². The van der Waals surface area contributed by atoms with E-state index < -0.39 is 17.7 Å². The Morgan fingerprint density at radius 2 is 1.57 bits per heavy atom. The second-order valence-electron chi connectivity index (χ2n) is 8.45. The first-order chi connectivity index (χ1) is 17.0. The Kier molecular flexibility index (Phi) is 7.67. The Hall–Kier alpha value is -3.84. The fraction of sp³-hybridized carbons (Fsp3) is 0.286. The van der Waals surface area contributed by atoms with E-state index in [-0.39, 0.29) is 13.2 Å². The number of carbonyl (C=O) groups excluding carboxylic acids is 2. The number of carbonyl (C=O) groups is 2. The number of fused-ring (bicyclic) bond motifs is 1. The summed E-state index contributed by atoms with van der Waals surface area (Å²) in [6.45, 7) is 1.73. The van der Waals surface area contributed by atoms with Crippen LogP contribution in [0.25, 0.3) is 0 Å². The lowest BCUT2D eigenvalue weighted by atomic mass is 9.80. The van der Waals surface area contributed by atoms with Gasteiger partial charge in [-0.25, -0.2) is 14.5 Å². The molecule has 1 amide bonds. The van der Waals surface area contributed by atoms with Crippen molar-refractivity contribution in [2.24, 2.45) is 0 Å². The van der Waals surface area contributed by atoms with Crippen LogP contribution in [-0.4, -0.2) is 42.6 Å². The predicted octanol–water partition coefficient (Wildman–Crippen LogP) is 4.82. The van der Waals surface area contributed by atoms with E-state index in [1.165, 1.54) is 4.90 Å². The van der Waals surface area contributed by atoms with Gasteiger partial charge in [0, 0.05) is 6.42 Å². The molecule has 1 aliphatic carbocycles. The van der Waals surface area contributed by atoms with Gasteiger partial charge in [0.2, 0.25) is 0 Å². The Morgan fingerprint density at radius 3 is 2.20 bits per heavy atom. The summed E-state index contributed by atoms with van der Waals surface area (Å²) in [5, 5.41) is 11.3. The molecule has 1 aliphatic rings. The molecule has 0 saturated heterocycles. The van der Waals surface area contributed by atoms with Gasteiger partial charge in [-0.05, 0) is 61.2 Å². The summed E-state index contributed by atoms with van der Waals surface area (Å²) in [7, 11) is 0. The van der Waals surface area contributed by atoms with E-state index in [4.69, 9.17) is 14.2 Å². The maximum atomic E-state index is 13.2. The van der Waals surface area contributed by atoms with Gasteiger partial charge in [-0.3, -0.25) is 0 Å². The summed E-state index contributed by atoms with van der Waals surface area (Å²) in [6.07, 6.45) is 0.670. The van der Waals surface area contributed by atoms with Crippen LogP contribution < -0.4 is 9.64 Å². The zero-order chi connectivity index (χ0) is 24.7. The second-order valence-corrected chi connectivity index (χ2v) is 8.45. The molecule has 0 bridgehead atoms. The number of amides is 1. The van der Waals surface area contributed by atoms with Crippen molar-refractivity contribution in [1.82, 2.24) is 0 Å². The van der Waals surface area contributed by atoms with Crippen LogP contribution in [0.5, 0.6) is 5.75 Å². The van der Waals surface area contributed by atoms with Crippen LogP contribution in [0.3, 0.4) is 0 Å². The lowest BCUT2D eigenvalue weighted by molar-refractivity contribution is -0.145. The van der Waals surface area contributed by atoms with Gasteiger partial charge >= 0.3 is 12.1 Å². The monoisotopic (exact) mass is 475 g/mol. The van der Waals surface area contributed by atoms with Crippen molar-refractivity contribution in [2.45, 2.75) is 31.8 Å². The minimum absolute atomic E-state index is 0.144. The largest absolute Gasteiger partial charge is 0.482 e. The molecule has 7 nitrogen and oxygen atoms in total. The van der Waals surface area contributed by atoms with Crippen LogP contribution >= 0.6 is 0 Å². The SMILES string of the molecule is CCOC(=O)COc1cccc2c1CC[C@](O)(COC(=O)N(c1ccccc1)c1ccccc1)C2. The lowest BCUT2D eigenvalue weighted by Gasteiger charge is -2.34. The van der Waals surface area contributed by atoms with Crippen LogP contribution in [0.2, 0.25) is 0 Å². The van der Waals surface area contributed by atoms with Crippen molar-refractivity contribution < 1.29 is 28.9 Å². The topological polar surface area (TPSA) is 85.3 Å².